The highest BCUT2D eigenvalue weighted by Gasteiger charge is 2.28. The number of amides is 2. The molecule has 2 aliphatic heterocycles. The van der Waals surface area contributed by atoms with Crippen LogP contribution in [-0.2, 0) is 14.1 Å². The number of hydrogen-bond donors (Lipinski definition) is 3. The summed E-state index contributed by atoms with van der Waals surface area (Å²) in [5.74, 6) is 1.08. The summed E-state index contributed by atoms with van der Waals surface area (Å²) in [5.41, 5.74) is 11.3. The summed E-state index contributed by atoms with van der Waals surface area (Å²) < 4.78 is 16.4. The van der Waals surface area contributed by atoms with Gasteiger partial charge in [-0.15, -0.1) is 0 Å². The van der Waals surface area contributed by atoms with E-state index in [2.05, 4.69) is 52.7 Å². The zero-order chi connectivity index (χ0) is 31.5. The molecule has 2 aromatic heterocycles. The van der Waals surface area contributed by atoms with Crippen molar-refractivity contribution >= 4 is 66.4 Å². The number of nitrogens with two attached hydrogens (primary N) is 1. The Bertz CT molecular complexity index is 1720. The molecular formula is C30H34Br2N8O4. The molecule has 2 aromatic carbocycles. The van der Waals surface area contributed by atoms with Crippen molar-refractivity contribution in [2.75, 3.05) is 47.6 Å². The second kappa shape index (κ2) is 13.3. The average molecular weight is 730 g/mol. The van der Waals surface area contributed by atoms with E-state index in [0.29, 0.717) is 65.1 Å². The van der Waals surface area contributed by atoms with Crippen LogP contribution in [0.3, 0.4) is 0 Å². The van der Waals surface area contributed by atoms with Crippen LogP contribution < -0.4 is 30.7 Å². The molecule has 0 bridgehead atoms. The molecule has 12 nitrogen and oxygen atoms in total. The van der Waals surface area contributed by atoms with E-state index in [-0.39, 0.29) is 11.8 Å². The van der Waals surface area contributed by atoms with E-state index in [1.807, 2.05) is 32.0 Å². The van der Waals surface area contributed by atoms with Crippen molar-refractivity contribution in [1.29, 1.82) is 0 Å². The Morgan fingerprint density at radius 1 is 0.909 bits per heavy atom. The first-order valence-electron chi connectivity index (χ1n) is 14.1. The van der Waals surface area contributed by atoms with Gasteiger partial charge in [0.1, 0.15) is 22.9 Å². The number of halogens is 2. The maximum absolute atomic E-state index is 12.9. The number of rotatable bonds is 3. The second-order valence-electron chi connectivity index (χ2n) is 10.5. The van der Waals surface area contributed by atoms with Crippen LogP contribution in [0, 0.1) is 13.8 Å². The zero-order valence-electron chi connectivity index (χ0n) is 24.9. The highest BCUT2D eigenvalue weighted by Crippen LogP contribution is 2.40. The van der Waals surface area contributed by atoms with Crippen LogP contribution in [0.15, 0.2) is 45.6 Å². The van der Waals surface area contributed by atoms with Crippen molar-refractivity contribution in [1.82, 2.24) is 19.6 Å². The molecule has 0 saturated carbocycles. The number of nitrogen functional groups attached to an aromatic ring is 1. The van der Waals surface area contributed by atoms with E-state index in [9.17, 15) is 9.59 Å². The monoisotopic (exact) mass is 728 g/mol. The standard InChI is InChI=1S/2C15H17BrN4O2/c1-9-11(8-19(2)18-9)15(21)20-4-3-5-22-13-7-10(16)6-12(17)14(13)20;1-9-11(8-20(2)19-9)15(21)18-12-6-10(16)7-13-14(12)17-4-3-5-22-13/h6-8H,3-5,17H2,1-2H3;6-8,17H,3-5H2,1-2H3,(H,18,21). The summed E-state index contributed by atoms with van der Waals surface area (Å²) in [5, 5.41) is 14.7. The third-order valence-corrected chi connectivity index (χ3v) is 7.98. The lowest BCUT2D eigenvalue weighted by molar-refractivity contribution is 0.0985. The molecule has 0 atom stereocenters. The molecule has 0 aliphatic carbocycles. The van der Waals surface area contributed by atoms with Crippen LogP contribution in [0.4, 0.5) is 22.7 Å². The van der Waals surface area contributed by atoms with Gasteiger partial charge in [0.15, 0.2) is 0 Å². The van der Waals surface area contributed by atoms with Gasteiger partial charge in [-0.25, -0.2) is 0 Å². The van der Waals surface area contributed by atoms with Crippen LogP contribution in [0.25, 0.3) is 0 Å². The molecule has 0 unspecified atom stereocenters. The summed E-state index contributed by atoms with van der Waals surface area (Å²) in [6, 6.07) is 7.39. The zero-order valence-corrected chi connectivity index (χ0v) is 28.1. The summed E-state index contributed by atoms with van der Waals surface area (Å²) in [7, 11) is 3.60. The lowest BCUT2D eigenvalue weighted by Gasteiger charge is -2.23. The predicted octanol–water partition coefficient (Wildman–Crippen LogP) is 5.44. The Morgan fingerprint density at radius 3 is 2.20 bits per heavy atom. The average Bonchev–Trinajstić information content (AvgIpc) is 3.26. The number of carbonyl (C=O) groups is 2. The quantitative estimate of drug-likeness (QED) is 0.237. The lowest BCUT2D eigenvalue weighted by atomic mass is 10.1. The molecule has 0 radical (unpaired) electrons. The van der Waals surface area contributed by atoms with Gasteiger partial charge in [0.2, 0.25) is 0 Å². The highest BCUT2D eigenvalue weighted by molar-refractivity contribution is 9.10. The van der Waals surface area contributed by atoms with Gasteiger partial charge in [-0.05, 0) is 51.0 Å². The number of benzene rings is 2. The van der Waals surface area contributed by atoms with Crippen molar-refractivity contribution in [2.24, 2.45) is 14.1 Å². The Hall–Kier alpha value is -4.04. The smallest absolute Gasteiger partial charge is 0.261 e. The van der Waals surface area contributed by atoms with Crippen LogP contribution in [0.1, 0.15) is 44.9 Å². The number of hydrogen-bond acceptors (Lipinski definition) is 8. The largest absolute Gasteiger partial charge is 0.491 e. The van der Waals surface area contributed by atoms with E-state index in [0.717, 1.165) is 39.8 Å². The topological polar surface area (TPSA) is 142 Å². The lowest BCUT2D eigenvalue weighted by Crippen LogP contribution is -2.32. The van der Waals surface area contributed by atoms with Gasteiger partial charge in [-0.2, -0.15) is 10.2 Å². The number of ether oxygens (including phenoxy) is 2. The van der Waals surface area contributed by atoms with Crippen molar-refractivity contribution in [3.8, 4) is 11.5 Å². The minimum absolute atomic E-state index is 0.105. The summed E-state index contributed by atoms with van der Waals surface area (Å²) in [6.07, 6.45) is 5.11. The first-order chi connectivity index (χ1) is 21.0. The summed E-state index contributed by atoms with van der Waals surface area (Å²) in [6.45, 7) is 6.23. The van der Waals surface area contributed by atoms with Gasteiger partial charge in [0.25, 0.3) is 11.8 Å². The van der Waals surface area contributed by atoms with E-state index < -0.39 is 0 Å². The number of carbonyl (C=O) groups excluding carboxylic acids is 2. The molecule has 4 N–H and O–H groups in total. The molecule has 2 amide bonds. The molecule has 6 rings (SSSR count). The molecule has 0 saturated heterocycles. The number of fused-ring (bicyclic) bond motifs is 2. The fourth-order valence-corrected chi connectivity index (χ4v) is 6.02. The van der Waals surface area contributed by atoms with E-state index >= 15 is 0 Å². The third-order valence-electron chi connectivity index (χ3n) is 7.07. The minimum atomic E-state index is -0.183. The number of aromatic nitrogens is 4. The normalized spacial score (nSPS) is 13.9. The van der Waals surface area contributed by atoms with Crippen LogP contribution in [0.5, 0.6) is 11.5 Å². The highest BCUT2D eigenvalue weighted by atomic mass is 79.9. The van der Waals surface area contributed by atoms with Crippen LogP contribution >= 0.6 is 31.9 Å². The molecule has 4 aromatic rings. The van der Waals surface area contributed by atoms with Crippen LogP contribution in [-0.4, -0.2) is 57.7 Å². The fourth-order valence-electron chi connectivity index (χ4n) is 5.12. The van der Waals surface area contributed by atoms with E-state index in [1.165, 1.54) is 0 Å². The van der Waals surface area contributed by atoms with Crippen molar-refractivity contribution < 1.29 is 19.1 Å². The van der Waals surface area contributed by atoms with Gasteiger partial charge in [0, 0.05) is 48.5 Å². The summed E-state index contributed by atoms with van der Waals surface area (Å²) >= 11 is 6.86. The van der Waals surface area contributed by atoms with Crippen molar-refractivity contribution in [3.05, 3.63) is 68.1 Å². The maximum atomic E-state index is 12.9. The van der Waals surface area contributed by atoms with Crippen LogP contribution in [0.2, 0.25) is 0 Å². The maximum Gasteiger partial charge on any atom is 0.261 e. The SMILES string of the molecule is Cc1nn(C)cc1C(=O)N1CCCOc2cc(Br)cc(N)c21.Cc1nn(C)cc1C(=O)Nc1cc(Br)cc2c1NCCCO2. The molecule has 2 aliphatic rings. The van der Waals surface area contributed by atoms with Gasteiger partial charge >= 0.3 is 0 Å². The van der Waals surface area contributed by atoms with E-state index in [4.69, 9.17) is 15.2 Å². The molecule has 4 heterocycles. The van der Waals surface area contributed by atoms with Crippen molar-refractivity contribution in [2.45, 2.75) is 26.7 Å². The number of anilines is 4. The minimum Gasteiger partial charge on any atom is -0.491 e. The molecule has 14 heteroatoms. The Labute approximate surface area is 272 Å². The molecule has 232 valence electrons. The van der Waals surface area contributed by atoms with E-state index in [1.54, 1.807) is 46.8 Å². The molecule has 0 fully saturated rings. The first kappa shape index (κ1) is 31.4. The Balaban J connectivity index is 0.000000175. The molecule has 44 heavy (non-hydrogen) atoms. The molecular weight excluding hydrogens is 696 g/mol. The molecule has 0 spiro atoms. The van der Waals surface area contributed by atoms with Gasteiger partial charge in [-0.3, -0.25) is 19.0 Å². The predicted molar refractivity (Wildman–Crippen MR) is 177 cm³/mol. The number of nitrogens with one attached hydrogen (secondary N) is 2. The number of aryl methyl sites for hydroxylation is 4. The van der Waals surface area contributed by atoms with Gasteiger partial charge in [0.05, 0.1) is 47.1 Å². The Kier molecular flexibility index (Phi) is 9.49. The second-order valence-corrected chi connectivity index (χ2v) is 12.3. The Morgan fingerprint density at radius 2 is 1.52 bits per heavy atom. The van der Waals surface area contributed by atoms with Gasteiger partial charge in [-0.1, -0.05) is 31.9 Å². The van der Waals surface area contributed by atoms with Crippen molar-refractivity contribution in [3.63, 3.8) is 0 Å². The first-order valence-corrected chi connectivity index (χ1v) is 15.7. The van der Waals surface area contributed by atoms with Gasteiger partial charge < -0.3 is 30.7 Å². The summed E-state index contributed by atoms with van der Waals surface area (Å²) in [4.78, 5) is 27.1. The third kappa shape index (κ3) is 6.86. The fraction of sp³-hybridized carbons (Fsp3) is 0.333. The number of nitrogens with zero attached hydrogens (tertiary/aromatic N) is 5.